The average Bonchev–Trinajstić information content (AvgIpc) is 2.94. The SMILES string of the molecule is Fc1ccc(N2CCO[C@@H](c3nccs3)C2)nc1. The summed E-state index contributed by atoms with van der Waals surface area (Å²) in [4.78, 5) is 10.5. The maximum absolute atomic E-state index is 12.8. The first-order valence-corrected chi connectivity index (χ1v) is 6.58. The van der Waals surface area contributed by atoms with Gasteiger partial charge >= 0.3 is 0 Å². The van der Waals surface area contributed by atoms with Gasteiger partial charge in [0.25, 0.3) is 0 Å². The topological polar surface area (TPSA) is 38.2 Å². The molecule has 0 saturated carbocycles. The first-order valence-electron chi connectivity index (χ1n) is 5.70. The van der Waals surface area contributed by atoms with E-state index in [1.807, 2.05) is 5.38 Å². The summed E-state index contributed by atoms with van der Waals surface area (Å²) in [6, 6.07) is 3.12. The van der Waals surface area contributed by atoms with E-state index in [-0.39, 0.29) is 11.9 Å². The predicted molar refractivity (Wildman–Crippen MR) is 67.2 cm³/mol. The molecular weight excluding hydrogens is 253 g/mol. The first-order chi connectivity index (χ1) is 8.83. The Bertz CT molecular complexity index is 503. The zero-order valence-corrected chi connectivity index (χ0v) is 10.4. The maximum atomic E-state index is 12.8. The Morgan fingerprint density at radius 3 is 3.06 bits per heavy atom. The summed E-state index contributed by atoms with van der Waals surface area (Å²) in [6.45, 7) is 2.09. The van der Waals surface area contributed by atoms with Gasteiger partial charge < -0.3 is 9.64 Å². The summed E-state index contributed by atoms with van der Waals surface area (Å²) in [7, 11) is 0. The van der Waals surface area contributed by atoms with Crippen molar-refractivity contribution in [1.82, 2.24) is 9.97 Å². The van der Waals surface area contributed by atoms with Crippen molar-refractivity contribution in [2.45, 2.75) is 6.10 Å². The van der Waals surface area contributed by atoms with Crippen molar-refractivity contribution in [3.8, 4) is 0 Å². The van der Waals surface area contributed by atoms with Crippen molar-refractivity contribution in [1.29, 1.82) is 0 Å². The predicted octanol–water partition coefficient (Wildman–Crippen LogP) is 2.26. The molecule has 1 atom stereocenters. The summed E-state index contributed by atoms with van der Waals surface area (Å²) >= 11 is 1.59. The van der Waals surface area contributed by atoms with Crippen molar-refractivity contribution < 1.29 is 9.13 Å². The lowest BCUT2D eigenvalue weighted by molar-refractivity contribution is 0.0393. The number of ether oxygens (including phenoxy) is 1. The largest absolute Gasteiger partial charge is 0.367 e. The molecule has 3 heterocycles. The van der Waals surface area contributed by atoms with Gasteiger partial charge in [0.15, 0.2) is 0 Å². The van der Waals surface area contributed by atoms with Crippen LogP contribution < -0.4 is 4.90 Å². The molecule has 2 aromatic heterocycles. The van der Waals surface area contributed by atoms with E-state index < -0.39 is 0 Å². The fourth-order valence-corrected chi connectivity index (χ4v) is 2.63. The number of rotatable bonds is 2. The van der Waals surface area contributed by atoms with Crippen LogP contribution in [0, 0.1) is 5.82 Å². The highest BCUT2D eigenvalue weighted by atomic mass is 32.1. The van der Waals surface area contributed by atoms with E-state index in [9.17, 15) is 4.39 Å². The van der Waals surface area contributed by atoms with Crippen molar-refractivity contribution in [3.05, 3.63) is 40.7 Å². The van der Waals surface area contributed by atoms with Crippen LogP contribution in [0.15, 0.2) is 29.9 Å². The molecule has 1 saturated heterocycles. The second-order valence-electron chi connectivity index (χ2n) is 4.01. The molecule has 6 heteroatoms. The van der Waals surface area contributed by atoms with E-state index >= 15 is 0 Å². The lowest BCUT2D eigenvalue weighted by Crippen LogP contribution is -2.38. The van der Waals surface area contributed by atoms with E-state index in [4.69, 9.17) is 4.74 Å². The first kappa shape index (κ1) is 11.6. The average molecular weight is 265 g/mol. The molecule has 0 aliphatic carbocycles. The van der Waals surface area contributed by atoms with Crippen molar-refractivity contribution in [2.24, 2.45) is 0 Å². The van der Waals surface area contributed by atoms with Crippen LogP contribution in [0.3, 0.4) is 0 Å². The number of nitrogens with zero attached hydrogens (tertiary/aromatic N) is 3. The van der Waals surface area contributed by atoms with Crippen LogP contribution in [-0.4, -0.2) is 29.7 Å². The molecule has 0 amide bonds. The molecule has 1 fully saturated rings. The monoisotopic (exact) mass is 265 g/mol. The zero-order valence-electron chi connectivity index (χ0n) is 9.62. The fraction of sp³-hybridized carbons (Fsp3) is 0.333. The van der Waals surface area contributed by atoms with Gasteiger partial charge in [0.1, 0.15) is 22.7 Å². The quantitative estimate of drug-likeness (QED) is 0.835. The molecule has 0 aromatic carbocycles. The van der Waals surface area contributed by atoms with Crippen LogP contribution in [-0.2, 0) is 4.74 Å². The number of halogens is 1. The number of pyridine rings is 1. The normalized spacial score (nSPS) is 20.1. The minimum atomic E-state index is -0.316. The number of hydrogen-bond acceptors (Lipinski definition) is 5. The zero-order chi connectivity index (χ0) is 12.4. The highest BCUT2D eigenvalue weighted by Crippen LogP contribution is 2.26. The molecule has 1 aliphatic heterocycles. The molecule has 0 unspecified atom stereocenters. The second kappa shape index (κ2) is 4.99. The summed E-state index contributed by atoms with van der Waals surface area (Å²) in [5.41, 5.74) is 0. The second-order valence-corrected chi connectivity index (χ2v) is 4.94. The van der Waals surface area contributed by atoms with Crippen LogP contribution in [0.2, 0.25) is 0 Å². The van der Waals surface area contributed by atoms with E-state index in [0.29, 0.717) is 13.2 Å². The van der Waals surface area contributed by atoms with Gasteiger partial charge in [-0.1, -0.05) is 0 Å². The minimum Gasteiger partial charge on any atom is -0.367 e. The Balaban J connectivity index is 1.76. The van der Waals surface area contributed by atoms with Crippen LogP contribution >= 0.6 is 11.3 Å². The molecular formula is C12H12FN3OS. The van der Waals surface area contributed by atoms with Crippen molar-refractivity contribution >= 4 is 17.2 Å². The number of thiazole rings is 1. The van der Waals surface area contributed by atoms with Crippen molar-refractivity contribution in [2.75, 3.05) is 24.6 Å². The highest BCUT2D eigenvalue weighted by Gasteiger charge is 2.24. The van der Waals surface area contributed by atoms with Gasteiger partial charge in [0, 0.05) is 18.1 Å². The number of hydrogen-bond donors (Lipinski definition) is 0. The Kier molecular flexibility index (Phi) is 3.21. The Labute approximate surface area is 108 Å². The van der Waals surface area contributed by atoms with E-state index in [0.717, 1.165) is 17.4 Å². The van der Waals surface area contributed by atoms with E-state index in [1.165, 1.54) is 12.3 Å². The Morgan fingerprint density at radius 1 is 1.39 bits per heavy atom. The number of aromatic nitrogens is 2. The molecule has 4 nitrogen and oxygen atoms in total. The van der Waals surface area contributed by atoms with Gasteiger partial charge in [-0.3, -0.25) is 0 Å². The molecule has 94 valence electrons. The smallest absolute Gasteiger partial charge is 0.141 e. The lowest BCUT2D eigenvalue weighted by atomic mass is 10.2. The number of morpholine rings is 1. The van der Waals surface area contributed by atoms with Crippen LogP contribution in [0.1, 0.15) is 11.1 Å². The molecule has 3 rings (SSSR count). The summed E-state index contributed by atoms with van der Waals surface area (Å²) in [5, 5.41) is 2.91. The van der Waals surface area contributed by atoms with Gasteiger partial charge in [-0.05, 0) is 12.1 Å². The van der Waals surface area contributed by atoms with Gasteiger partial charge in [-0.25, -0.2) is 14.4 Å². The van der Waals surface area contributed by atoms with Crippen LogP contribution in [0.4, 0.5) is 10.2 Å². The maximum Gasteiger partial charge on any atom is 0.141 e. The lowest BCUT2D eigenvalue weighted by Gasteiger charge is -2.32. The third-order valence-electron chi connectivity index (χ3n) is 2.83. The molecule has 0 radical (unpaired) electrons. The third-order valence-corrected chi connectivity index (χ3v) is 3.70. The Morgan fingerprint density at radius 2 is 2.33 bits per heavy atom. The van der Waals surface area contributed by atoms with Crippen LogP contribution in [0.25, 0.3) is 0 Å². The molecule has 18 heavy (non-hydrogen) atoms. The van der Waals surface area contributed by atoms with Gasteiger partial charge in [-0.2, -0.15) is 0 Å². The van der Waals surface area contributed by atoms with E-state index in [1.54, 1.807) is 23.6 Å². The van der Waals surface area contributed by atoms with Crippen molar-refractivity contribution in [3.63, 3.8) is 0 Å². The summed E-state index contributed by atoms with van der Waals surface area (Å²) in [5.74, 6) is 0.463. The molecule has 0 N–H and O–H groups in total. The third kappa shape index (κ3) is 2.34. The van der Waals surface area contributed by atoms with Crippen LogP contribution in [0.5, 0.6) is 0 Å². The van der Waals surface area contributed by atoms with E-state index in [2.05, 4.69) is 14.9 Å². The van der Waals surface area contributed by atoms with Gasteiger partial charge in [0.05, 0.1) is 19.3 Å². The standard InChI is InChI=1S/C12H12FN3OS/c13-9-1-2-11(15-7-9)16-4-5-17-10(8-16)12-14-3-6-18-12/h1-3,6-7,10H,4-5,8H2/t10-/m1/s1. The molecule has 0 bridgehead atoms. The van der Waals surface area contributed by atoms with Gasteiger partial charge in [0.2, 0.25) is 0 Å². The fourth-order valence-electron chi connectivity index (χ4n) is 1.96. The highest BCUT2D eigenvalue weighted by molar-refractivity contribution is 7.09. The summed E-state index contributed by atoms with van der Waals surface area (Å²) < 4.78 is 18.5. The summed E-state index contributed by atoms with van der Waals surface area (Å²) in [6.07, 6.45) is 2.99. The Hall–Kier alpha value is -1.53. The molecule has 2 aromatic rings. The molecule has 0 spiro atoms. The van der Waals surface area contributed by atoms with Gasteiger partial charge in [-0.15, -0.1) is 11.3 Å². The number of anilines is 1. The molecule has 1 aliphatic rings. The minimum absolute atomic E-state index is 0.0226.